The summed E-state index contributed by atoms with van der Waals surface area (Å²) in [5.74, 6) is 0.671. The summed E-state index contributed by atoms with van der Waals surface area (Å²) in [6, 6.07) is 5.99. The maximum Gasteiger partial charge on any atom is 0.303 e. The fourth-order valence-electron chi connectivity index (χ4n) is 2.19. The van der Waals surface area contributed by atoms with Crippen LogP contribution in [-0.4, -0.2) is 20.6 Å². The van der Waals surface area contributed by atoms with Gasteiger partial charge in [0.1, 0.15) is 5.82 Å². The number of hydrogen-bond donors (Lipinski definition) is 1. The number of aryl methyl sites for hydroxylation is 2. The van der Waals surface area contributed by atoms with Crippen molar-refractivity contribution < 1.29 is 9.90 Å². The molecule has 0 bridgehead atoms. The van der Waals surface area contributed by atoms with Gasteiger partial charge in [-0.1, -0.05) is 19.9 Å². The number of carboxylic acid groups (broad SMARTS) is 1. The zero-order valence-corrected chi connectivity index (χ0v) is 11.0. The summed E-state index contributed by atoms with van der Waals surface area (Å²) in [6.45, 7) is 4.24. The topological polar surface area (TPSA) is 55.1 Å². The third-order valence-electron chi connectivity index (χ3n) is 3.12. The summed E-state index contributed by atoms with van der Waals surface area (Å²) in [5.41, 5.74) is 3.07. The van der Waals surface area contributed by atoms with E-state index in [0.717, 1.165) is 22.4 Å². The molecule has 0 radical (unpaired) electrons. The first-order valence-electron chi connectivity index (χ1n) is 6.16. The number of imidazole rings is 1. The molecule has 18 heavy (non-hydrogen) atoms. The van der Waals surface area contributed by atoms with Crippen LogP contribution in [0.4, 0.5) is 0 Å². The molecular formula is C14H18N2O2. The number of carboxylic acids is 1. The van der Waals surface area contributed by atoms with Gasteiger partial charge in [-0.15, -0.1) is 0 Å². The van der Waals surface area contributed by atoms with Gasteiger partial charge >= 0.3 is 5.97 Å². The van der Waals surface area contributed by atoms with E-state index in [1.165, 1.54) is 0 Å². The number of hydrogen-bond acceptors (Lipinski definition) is 2. The van der Waals surface area contributed by atoms with Crippen LogP contribution in [0.1, 0.15) is 37.6 Å². The van der Waals surface area contributed by atoms with Crippen molar-refractivity contribution in [2.45, 2.75) is 32.6 Å². The predicted octanol–water partition coefficient (Wildman–Crippen LogP) is 2.71. The highest BCUT2D eigenvalue weighted by atomic mass is 16.4. The monoisotopic (exact) mass is 246 g/mol. The summed E-state index contributed by atoms with van der Waals surface area (Å²) in [5, 5.41) is 8.69. The summed E-state index contributed by atoms with van der Waals surface area (Å²) < 4.78 is 2.10. The van der Waals surface area contributed by atoms with E-state index in [9.17, 15) is 4.79 Å². The molecule has 0 saturated heterocycles. The van der Waals surface area contributed by atoms with Crippen LogP contribution in [0.5, 0.6) is 0 Å². The maximum absolute atomic E-state index is 10.6. The van der Waals surface area contributed by atoms with Gasteiger partial charge in [-0.05, 0) is 24.1 Å². The van der Waals surface area contributed by atoms with Crippen LogP contribution in [0, 0.1) is 0 Å². The van der Waals surface area contributed by atoms with Crippen molar-refractivity contribution >= 4 is 17.0 Å². The molecule has 0 aliphatic rings. The van der Waals surface area contributed by atoms with E-state index in [2.05, 4.69) is 23.4 Å². The lowest BCUT2D eigenvalue weighted by molar-refractivity contribution is -0.136. The van der Waals surface area contributed by atoms with Gasteiger partial charge < -0.3 is 9.67 Å². The Kier molecular flexibility index (Phi) is 3.36. The van der Waals surface area contributed by atoms with Crippen LogP contribution in [-0.2, 0) is 18.3 Å². The van der Waals surface area contributed by atoms with Gasteiger partial charge in [0.05, 0.1) is 11.0 Å². The van der Waals surface area contributed by atoms with Crippen LogP contribution in [0.15, 0.2) is 18.2 Å². The highest BCUT2D eigenvalue weighted by Gasteiger charge is 2.11. The Morgan fingerprint density at radius 1 is 1.44 bits per heavy atom. The summed E-state index contributed by atoms with van der Waals surface area (Å²) in [4.78, 5) is 15.2. The van der Waals surface area contributed by atoms with Crippen molar-refractivity contribution in [3.8, 4) is 0 Å². The normalized spacial score (nSPS) is 11.3. The van der Waals surface area contributed by atoms with E-state index >= 15 is 0 Å². The number of nitrogens with zero attached hydrogens (tertiary/aromatic N) is 2. The van der Waals surface area contributed by atoms with Crippen LogP contribution < -0.4 is 0 Å². The maximum atomic E-state index is 10.6. The van der Waals surface area contributed by atoms with E-state index in [1.807, 2.05) is 25.2 Å². The van der Waals surface area contributed by atoms with Gasteiger partial charge in [-0.2, -0.15) is 0 Å². The Labute approximate surface area is 106 Å². The third kappa shape index (κ3) is 2.37. The molecule has 4 nitrogen and oxygen atoms in total. The number of rotatable bonds is 4. The van der Waals surface area contributed by atoms with Crippen molar-refractivity contribution in [3.63, 3.8) is 0 Å². The fraction of sp³-hybridized carbons (Fsp3) is 0.429. The first-order valence-corrected chi connectivity index (χ1v) is 6.16. The molecule has 0 unspecified atom stereocenters. The Bertz CT molecular complexity index is 585. The first kappa shape index (κ1) is 12.6. The number of benzene rings is 1. The van der Waals surface area contributed by atoms with Crippen LogP contribution in [0.25, 0.3) is 11.0 Å². The molecular weight excluding hydrogens is 228 g/mol. The molecule has 0 aliphatic heterocycles. The molecule has 2 aromatic rings. The van der Waals surface area contributed by atoms with Gasteiger partial charge in [0.15, 0.2) is 0 Å². The van der Waals surface area contributed by atoms with E-state index in [4.69, 9.17) is 5.11 Å². The van der Waals surface area contributed by atoms with E-state index in [0.29, 0.717) is 12.3 Å². The Morgan fingerprint density at radius 2 is 2.17 bits per heavy atom. The largest absolute Gasteiger partial charge is 0.481 e. The minimum Gasteiger partial charge on any atom is -0.481 e. The van der Waals surface area contributed by atoms with Crippen LogP contribution in [0.3, 0.4) is 0 Å². The molecule has 4 heteroatoms. The van der Waals surface area contributed by atoms with Crippen molar-refractivity contribution in [3.05, 3.63) is 29.6 Å². The summed E-state index contributed by atoms with van der Waals surface area (Å²) >= 11 is 0. The van der Waals surface area contributed by atoms with Crippen LogP contribution >= 0.6 is 0 Å². The molecule has 0 spiro atoms. The minimum absolute atomic E-state index is 0.162. The van der Waals surface area contributed by atoms with Gasteiger partial charge in [-0.3, -0.25) is 4.79 Å². The average Bonchev–Trinajstić information content (AvgIpc) is 2.64. The molecule has 0 atom stereocenters. The number of aliphatic carboxylic acids is 1. The summed E-state index contributed by atoms with van der Waals surface area (Å²) in [6.07, 6.45) is 0.717. The zero-order valence-electron chi connectivity index (χ0n) is 11.0. The van der Waals surface area contributed by atoms with Crippen LogP contribution in [0.2, 0.25) is 0 Å². The SMILES string of the molecule is CC(C)c1nc2cc(CCC(=O)O)ccc2n1C. The number of fused-ring (bicyclic) bond motifs is 1. The molecule has 1 N–H and O–H groups in total. The quantitative estimate of drug-likeness (QED) is 0.902. The second-order valence-corrected chi connectivity index (χ2v) is 4.90. The molecule has 0 fully saturated rings. The second kappa shape index (κ2) is 4.80. The van der Waals surface area contributed by atoms with Crippen molar-refractivity contribution in [1.82, 2.24) is 9.55 Å². The molecule has 2 rings (SSSR count). The molecule has 1 aromatic heterocycles. The summed E-state index contributed by atoms with van der Waals surface area (Å²) in [7, 11) is 2.02. The number of carbonyl (C=O) groups is 1. The molecule has 0 saturated carbocycles. The average molecular weight is 246 g/mol. The lowest BCUT2D eigenvalue weighted by atomic mass is 10.1. The lowest BCUT2D eigenvalue weighted by Crippen LogP contribution is -1.99. The first-order chi connectivity index (χ1) is 8.49. The molecule has 0 aliphatic carbocycles. The minimum atomic E-state index is -0.765. The van der Waals surface area contributed by atoms with Gasteiger partial charge in [-0.25, -0.2) is 4.98 Å². The Morgan fingerprint density at radius 3 is 2.78 bits per heavy atom. The van der Waals surface area contributed by atoms with E-state index in [1.54, 1.807) is 0 Å². The Hall–Kier alpha value is -1.84. The highest BCUT2D eigenvalue weighted by molar-refractivity contribution is 5.77. The van der Waals surface area contributed by atoms with Gasteiger partial charge in [0.25, 0.3) is 0 Å². The van der Waals surface area contributed by atoms with Crippen molar-refractivity contribution in [2.24, 2.45) is 7.05 Å². The fourth-order valence-corrected chi connectivity index (χ4v) is 2.19. The standard InChI is InChI=1S/C14H18N2O2/c1-9(2)14-15-11-8-10(5-7-13(17)18)4-6-12(11)16(14)3/h4,6,8-9H,5,7H2,1-3H3,(H,17,18). The van der Waals surface area contributed by atoms with E-state index < -0.39 is 5.97 Å². The number of aromatic nitrogens is 2. The zero-order chi connectivity index (χ0) is 13.3. The second-order valence-electron chi connectivity index (χ2n) is 4.90. The van der Waals surface area contributed by atoms with Gasteiger partial charge in [0, 0.05) is 19.4 Å². The van der Waals surface area contributed by atoms with Crippen molar-refractivity contribution in [1.29, 1.82) is 0 Å². The molecule has 96 valence electrons. The molecule has 1 heterocycles. The highest BCUT2D eigenvalue weighted by Crippen LogP contribution is 2.21. The van der Waals surface area contributed by atoms with Crippen molar-refractivity contribution in [2.75, 3.05) is 0 Å². The predicted molar refractivity (Wildman–Crippen MR) is 70.8 cm³/mol. The molecule has 0 amide bonds. The lowest BCUT2D eigenvalue weighted by Gasteiger charge is -2.04. The molecule has 1 aromatic carbocycles. The Balaban J connectivity index is 2.37. The van der Waals surface area contributed by atoms with Gasteiger partial charge in [0.2, 0.25) is 0 Å². The third-order valence-corrected chi connectivity index (χ3v) is 3.12. The smallest absolute Gasteiger partial charge is 0.303 e. The van der Waals surface area contributed by atoms with E-state index in [-0.39, 0.29) is 6.42 Å².